The van der Waals surface area contributed by atoms with Crippen LogP contribution in [-0.2, 0) is 10.0 Å². The summed E-state index contributed by atoms with van der Waals surface area (Å²) < 4.78 is 26.8. The minimum absolute atomic E-state index is 0.239. The van der Waals surface area contributed by atoms with Gasteiger partial charge in [0.25, 0.3) is 0 Å². The molecule has 1 aromatic carbocycles. The van der Waals surface area contributed by atoms with E-state index >= 15 is 0 Å². The molecule has 17 heavy (non-hydrogen) atoms. The molecule has 0 heterocycles. The lowest BCUT2D eigenvalue weighted by Crippen LogP contribution is -2.40. The van der Waals surface area contributed by atoms with E-state index in [1.807, 2.05) is 31.2 Å². The second-order valence-corrected chi connectivity index (χ2v) is 8.39. The van der Waals surface area contributed by atoms with Gasteiger partial charge in [0.1, 0.15) is 0 Å². The van der Waals surface area contributed by atoms with Crippen LogP contribution in [0.3, 0.4) is 0 Å². The third-order valence-corrected chi connectivity index (χ3v) is 5.26. The van der Waals surface area contributed by atoms with Gasteiger partial charge in [-0.2, -0.15) is 0 Å². The van der Waals surface area contributed by atoms with Crippen LogP contribution in [-0.4, -0.2) is 13.2 Å². The summed E-state index contributed by atoms with van der Waals surface area (Å²) in [5.74, 6) is 0. The van der Waals surface area contributed by atoms with Crippen molar-refractivity contribution < 1.29 is 8.42 Å². The molecule has 0 aliphatic heterocycles. The van der Waals surface area contributed by atoms with Gasteiger partial charge in [0.05, 0.1) is 4.75 Å². The SMILES string of the molecule is CC(NS(=O)(=O)C(C)(C)C)c1cccc(Br)c1. The van der Waals surface area contributed by atoms with Crippen molar-refractivity contribution in [1.29, 1.82) is 0 Å². The Hall–Kier alpha value is -0.390. The molecule has 0 saturated carbocycles. The Labute approximate surface area is 112 Å². The summed E-state index contributed by atoms with van der Waals surface area (Å²) in [6, 6.07) is 7.38. The first kappa shape index (κ1) is 14.7. The minimum atomic E-state index is -3.32. The number of hydrogen-bond donors (Lipinski definition) is 1. The Morgan fingerprint density at radius 2 is 1.88 bits per heavy atom. The Balaban J connectivity index is 2.91. The van der Waals surface area contributed by atoms with Crippen molar-refractivity contribution in [2.75, 3.05) is 0 Å². The predicted octanol–water partition coefficient (Wildman–Crippen LogP) is 3.23. The van der Waals surface area contributed by atoms with E-state index in [1.165, 1.54) is 0 Å². The summed E-state index contributed by atoms with van der Waals surface area (Å²) in [7, 11) is -3.32. The first-order valence-electron chi connectivity index (χ1n) is 5.41. The highest BCUT2D eigenvalue weighted by atomic mass is 79.9. The number of rotatable bonds is 3. The van der Waals surface area contributed by atoms with Crippen LogP contribution >= 0.6 is 15.9 Å². The van der Waals surface area contributed by atoms with Crippen LogP contribution in [0.1, 0.15) is 39.3 Å². The smallest absolute Gasteiger partial charge is 0.212 e. The zero-order valence-electron chi connectivity index (χ0n) is 10.5. The Morgan fingerprint density at radius 3 is 2.35 bits per heavy atom. The average molecular weight is 320 g/mol. The van der Waals surface area contributed by atoms with Gasteiger partial charge in [0.2, 0.25) is 10.0 Å². The molecule has 1 rings (SSSR count). The number of sulfonamides is 1. The molecule has 5 heteroatoms. The maximum Gasteiger partial charge on any atom is 0.217 e. The molecule has 0 fully saturated rings. The fraction of sp³-hybridized carbons (Fsp3) is 0.500. The zero-order chi connectivity index (χ0) is 13.3. The molecule has 0 radical (unpaired) electrons. The van der Waals surface area contributed by atoms with Crippen LogP contribution in [0.15, 0.2) is 28.7 Å². The van der Waals surface area contributed by atoms with Crippen LogP contribution in [0.25, 0.3) is 0 Å². The Kier molecular flexibility index (Phi) is 4.38. The topological polar surface area (TPSA) is 46.2 Å². The average Bonchev–Trinajstić information content (AvgIpc) is 2.15. The molecule has 1 atom stereocenters. The summed E-state index contributed by atoms with van der Waals surface area (Å²) >= 11 is 3.37. The molecular formula is C12H18BrNO2S. The normalized spacial score (nSPS) is 14.6. The molecular weight excluding hydrogens is 302 g/mol. The van der Waals surface area contributed by atoms with Crippen LogP contribution < -0.4 is 4.72 Å². The molecule has 3 nitrogen and oxygen atoms in total. The molecule has 0 amide bonds. The van der Waals surface area contributed by atoms with E-state index in [4.69, 9.17) is 0 Å². The van der Waals surface area contributed by atoms with Crippen LogP contribution in [0.2, 0.25) is 0 Å². The second-order valence-electron chi connectivity index (χ2n) is 5.01. The monoisotopic (exact) mass is 319 g/mol. The van der Waals surface area contributed by atoms with Gasteiger partial charge in [0.15, 0.2) is 0 Å². The predicted molar refractivity (Wildman–Crippen MR) is 74.4 cm³/mol. The maximum atomic E-state index is 12.0. The lowest BCUT2D eigenvalue weighted by atomic mass is 10.1. The first-order valence-corrected chi connectivity index (χ1v) is 7.68. The summed E-state index contributed by atoms with van der Waals surface area (Å²) in [5.41, 5.74) is 0.937. The van der Waals surface area contributed by atoms with Crippen LogP contribution in [0.4, 0.5) is 0 Å². The quantitative estimate of drug-likeness (QED) is 0.929. The van der Waals surface area contributed by atoms with Crippen molar-refractivity contribution in [1.82, 2.24) is 4.72 Å². The molecule has 0 saturated heterocycles. The van der Waals surface area contributed by atoms with Crippen molar-refractivity contribution in [3.63, 3.8) is 0 Å². The fourth-order valence-corrected chi connectivity index (χ4v) is 2.63. The molecule has 1 unspecified atom stereocenters. The maximum absolute atomic E-state index is 12.0. The van der Waals surface area contributed by atoms with Crippen molar-refractivity contribution >= 4 is 26.0 Å². The third-order valence-electron chi connectivity index (χ3n) is 2.49. The van der Waals surface area contributed by atoms with Crippen molar-refractivity contribution in [2.24, 2.45) is 0 Å². The summed E-state index contributed by atoms with van der Waals surface area (Å²) in [6.45, 7) is 6.89. The van der Waals surface area contributed by atoms with Gasteiger partial charge in [-0.1, -0.05) is 28.1 Å². The van der Waals surface area contributed by atoms with Crippen LogP contribution in [0.5, 0.6) is 0 Å². The molecule has 0 aliphatic carbocycles. The summed E-state index contributed by atoms with van der Waals surface area (Å²) in [6.07, 6.45) is 0. The number of hydrogen-bond acceptors (Lipinski definition) is 2. The lowest BCUT2D eigenvalue weighted by Gasteiger charge is -2.23. The van der Waals surface area contributed by atoms with Gasteiger partial charge in [-0.05, 0) is 45.4 Å². The molecule has 0 spiro atoms. The van der Waals surface area contributed by atoms with Gasteiger partial charge in [0, 0.05) is 10.5 Å². The van der Waals surface area contributed by atoms with E-state index in [2.05, 4.69) is 20.7 Å². The largest absolute Gasteiger partial charge is 0.217 e. The van der Waals surface area contributed by atoms with Crippen molar-refractivity contribution in [2.45, 2.75) is 38.5 Å². The zero-order valence-corrected chi connectivity index (χ0v) is 12.9. The summed E-state index contributed by atoms with van der Waals surface area (Å²) in [5, 5.41) is 0. The minimum Gasteiger partial charge on any atom is -0.212 e. The molecule has 0 aromatic heterocycles. The first-order chi connectivity index (χ1) is 7.63. The van der Waals surface area contributed by atoms with Gasteiger partial charge in [-0.3, -0.25) is 0 Å². The summed E-state index contributed by atoms with van der Waals surface area (Å²) in [4.78, 5) is 0. The fourth-order valence-electron chi connectivity index (χ4n) is 1.25. The van der Waals surface area contributed by atoms with E-state index < -0.39 is 14.8 Å². The van der Waals surface area contributed by atoms with E-state index in [9.17, 15) is 8.42 Å². The highest BCUT2D eigenvalue weighted by Crippen LogP contribution is 2.21. The molecule has 0 bridgehead atoms. The van der Waals surface area contributed by atoms with Gasteiger partial charge in [-0.25, -0.2) is 13.1 Å². The van der Waals surface area contributed by atoms with E-state index in [1.54, 1.807) is 20.8 Å². The molecule has 96 valence electrons. The standard InChI is InChI=1S/C12H18BrNO2S/c1-9(10-6-5-7-11(13)8-10)14-17(15,16)12(2,3)4/h5-9,14H,1-4H3. The van der Waals surface area contributed by atoms with Crippen molar-refractivity contribution in [3.05, 3.63) is 34.3 Å². The highest BCUT2D eigenvalue weighted by Gasteiger charge is 2.30. The number of benzene rings is 1. The second kappa shape index (κ2) is 5.08. The van der Waals surface area contributed by atoms with Gasteiger partial charge in [-0.15, -0.1) is 0 Å². The Morgan fingerprint density at radius 1 is 1.29 bits per heavy atom. The number of nitrogens with one attached hydrogen (secondary N) is 1. The molecule has 1 aromatic rings. The lowest BCUT2D eigenvalue weighted by molar-refractivity contribution is 0.532. The van der Waals surface area contributed by atoms with Gasteiger partial charge >= 0.3 is 0 Å². The van der Waals surface area contributed by atoms with E-state index in [0.717, 1.165) is 10.0 Å². The van der Waals surface area contributed by atoms with E-state index in [0.29, 0.717) is 0 Å². The molecule has 0 aliphatic rings. The molecule has 1 N–H and O–H groups in total. The van der Waals surface area contributed by atoms with E-state index in [-0.39, 0.29) is 6.04 Å². The third kappa shape index (κ3) is 3.79. The Bertz CT molecular complexity index is 491. The van der Waals surface area contributed by atoms with Gasteiger partial charge < -0.3 is 0 Å². The van der Waals surface area contributed by atoms with Crippen LogP contribution in [0, 0.1) is 0 Å². The highest BCUT2D eigenvalue weighted by molar-refractivity contribution is 9.10. The van der Waals surface area contributed by atoms with Crippen molar-refractivity contribution in [3.8, 4) is 0 Å². The number of halogens is 1.